The van der Waals surface area contributed by atoms with Crippen LogP contribution in [0.5, 0.6) is 11.8 Å². The van der Waals surface area contributed by atoms with Crippen LogP contribution in [-0.4, -0.2) is 21.0 Å². The van der Waals surface area contributed by atoms with Gasteiger partial charge in [0.25, 0.3) is 0 Å². The highest BCUT2D eigenvalue weighted by atomic mass is 35.5. The smallest absolute Gasteiger partial charge is 0.337 e. The van der Waals surface area contributed by atoms with Gasteiger partial charge < -0.3 is 9.84 Å². The van der Waals surface area contributed by atoms with Crippen LogP contribution in [-0.2, 0) is 0 Å². The number of carboxylic acids is 1. The van der Waals surface area contributed by atoms with E-state index in [0.717, 1.165) is 11.4 Å². The van der Waals surface area contributed by atoms with Gasteiger partial charge in [-0.15, -0.1) is 0 Å². The van der Waals surface area contributed by atoms with Crippen molar-refractivity contribution in [3.8, 4) is 11.8 Å². The summed E-state index contributed by atoms with van der Waals surface area (Å²) in [5.41, 5.74) is 1.63. The summed E-state index contributed by atoms with van der Waals surface area (Å²) in [7, 11) is 0. The molecule has 1 heterocycles. The highest BCUT2D eigenvalue weighted by Crippen LogP contribution is 2.26. The molecule has 2 aromatic rings. The first-order valence-corrected chi connectivity index (χ1v) is 6.81. The van der Waals surface area contributed by atoms with Gasteiger partial charge in [0.1, 0.15) is 5.75 Å². The maximum absolute atomic E-state index is 11.1. The van der Waals surface area contributed by atoms with Crippen molar-refractivity contribution in [1.82, 2.24) is 9.97 Å². The molecule has 0 amide bonds. The lowest BCUT2D eigenvalue weighted by molar-refractivity contribution is 0.0696. The molecule has 1 aromatic heterocycles. The first-order valence-electron chi connectivity index (χ1n) is 6.43. The molecule has 1 aromatic carbocycles. The van der Waals surface area contributed by atoms with E-state index in [2.05, 4.69) is 9.97 Å². The van der Waals surface area contributed by atoms with Crippen LogP contribution < -0.4 is 4.74 Å². The van der Waals surface area contributed by atoms with Gasteiger partial charge in [0.05, 0.1) is 16.3 Å². The number of aromatic nitrogens is 2. The number of aryl methyl sites for hydroxylation is 1. The molecule has 0 fully saturated rings. The van der Waals surface area contributed by atoms with Crippen molar-refractivity contribution in [3.05, 3.63) is 46.2 Å². The number of carbonyl (C=O) groups is 1. The van der Waals surface area contributed by atoms with Gasteiger partial charge in [-0.1, -0.05) is 25.4 Å². The van der Waals surface area contributed by atoms with Gasteiger partial charge in [-0.3, -0.25) is 0 Å². The van der Waals surface area contributed by atoms with E-state index in [9.17, 15) is 4.79 Å². The Kier molecular flexibility index (Phi) is 4.43. The molecule has 2 rings (SSSR count). The minimum Gasteiger partial charge on any atom is -0.478 e. The van der Waals surface area contributed by atoms with Crippen LogP contribution in [0.15, 0.2) is 24.3 Å². The number of ether oxygens (including phenoxy) is 1. The van der Waals surface area contributed by atoms with E-state index in [1.54, 1.807) is 6.07 Å². The van der Waals surface area contributed by atoms with E-state index in [4.69, 9.17) is 21.4 Å². The second-order valence-corrected chi connectivity index (χ2v) is 5.33. The molecule has 0 bridgehead atoms. The van der Waals surface area contributed by atoms with Crippen LogP contribution in [0.4, 0.5) is 0 Å². The average Bonchev–Trinajstić information content (AvgIpc) is 2.40. The van der Waals surface area contributed by atoms with E-state index >= 15 is 0 Å². The van der Waals surface area contributed by atoms with E-state index < -0.39 is 5.97 Å². The molecule has 5 nitrogen and oxygen atoms in total. The molecule has 0 unspecified atom stereocenters. The molecular weight excluding hydrogens is 292 g/mol. The summed E-state index contributed by atoms with van der Waals surface area (Å²) in [6.45, 7) is 5.90. The van der Waals surface area contributed by atoms with Crippen LogP contribution in [0.25, 0.3) is 0 Å². The monoisotopic (exact) mass is 306 g/mol. The van der Waals surface area contributed by atoms with E-state index in [1.165, 1.54) is 12.1 Å². The molecule has 21 heavy (non-hydrogen) atoms. The van der Waals surface area contributed by atoms with Crippen molar-refractivity contribution in [3.63, 3.8) is 0 Å². The molecule has 0 aliphatic heterocycles. The molecular formula is C15H15ClN2O3. The molecule has 0 aliphatic carbocycles. The third kappa shape index (κ3) is 3.70. The number of aromatic carboxylic acids is 1. The minimum absolute atomic E-state index is 0.0223. The fraction of sp³-hybridized carbons (Fsp3) is 0.267. The molecule has 110 valence electrons. The Morgan fingerprint density at radius 2 is 2.00 bits per heavy atom. The van der Waals surface area contributed by atoms with Gasteiger partial charge in [-0.05, 0) is 37.1 Å². The van der Waals surface area contributed by atoms with Gasteiger partial charge >= 0.3 is 12.0 Å². The largest absolute Gasteiger partial charge is 0.478 e. The van der Waals surface area contributed by atoms with Gasteiger partial charge in [0.2, 0.25) is 0 Å². The number of rotatable bonds is 4. The zero-order valence-electron chi connectivity index (χ0n) is 11.9. The molecule has 0 atom stereocenters. The van der Waals surface area contributed by atoms with E-state index in [-0.39, 0.29) is 22.5 Å². The van der Waals surface area contributed by atoms with Crippen molar-refractivity contribution < 1.29 is 14.6 Å². The standard InChI is InChI=1S/C15H15ClN2O3/c1-8(2)13-6-9(3)17-15(18-13)21-10-4-5-12(16)11(7-10)14(19)20/h4-8H,1-3H3,(H,19,20). The highest BCUT2D eigenvalue weighted by molar-refractivity contribution is 6.33. The quantitative estimate of drug-likeness (QED) is 0.922. The Morgan fingerprint density at radius 1 is 1.29 bits per heavy atom. The van der Waals surface area contributed by atoms with Gasteiger partial charge in [0, 0.05) is 5.69 Å². The van der Waals surface area contributed by atoms with Crippen molar-refractivity contribution in [2.24, 2.45) is 0 Å². The Balaban J connectivity index is 2.34. The molecule has 0 spiro atoms. The number of benzene rings is 1. The van der Waals surface area contributed by atoms with Gasteiger partial charge in [-0.2, -0.15) is 4.98 Å². The number of nitrogens with zero attached hydrogens (tertiary/aromatic N) is 2. The molecule has 0 aliphatic rings. The number of carboxylic acid groups (broad SMARTS) is 1. The molecule has 0 saturated carbocycles. The number of halogens is 1. The lowest BCUT2D eigenvalue weighted by atomic mass is 10.1. The molecule has 0 radical (unpaired) electrons. The normalized spacial score (nSPS) is 10.7. The summed E-state index contributed by atoms with van der Waals surface area (Å²) >= 11 is 5.82. The predicted octanol–water partition coefficient (Wildman–Crippen LogP) is 4.05. The van der Waals surface area contributed by atoms with Crippen LogP contribution in [0, 0.1) is 6.92 Å². The Hall–Kier alpha value is -2.14. The van der Waals surface area contributed by atoms with Crippen LogP contribution >= 0.6 is 11.6 Å². The topological polar surface area (TPSA) is 72.3 Å². The molecule has 1 N–H and O–H groups in total. The second-order valence-electron chi connectivity index (χ2n) is 4.92. The SMILES string of the molecule is Cc1cc(C(C)C)nc(Oc2ccc(Cl)c(C(=O)O)c2)n1. The van der Waals surface area contributed by atoms with Crippen molar-refractivity contribution in [1.29, 1.82) is 0 Å². The van der Waals surface area contributed by atoms with Crippen molar-refractivity contribution in [2.75, 3.05) is 0 Å². The summed E-state index contributed by atoms with van der Waals surface area (Å²) in [6, 6.07) is 6.49. The zero-order chi connectivity index (χ0) is 15.6. The van der Waals surface area contributed by atoms with E-state index in [1.807, 2.05) is 26.8 Å². The third-order valence-electron chi connectivity index (χ3n) is 2.82. The summed E-state index contributed by atoms with van der Waals surface area (Å²) < 4.78 is 5.55. The summed E-state index contributed by atoms with van der Waals surface area (Å²) in [6.07, 6.45) is 0. The molecule has 0 saturated heterocycles. The number of hydrogen-bond donors (Lipinski definition) is 1. The van der Waals surface area contributed by atoms with Crippen molar-refractivity contribution in [2.45, 2.75) is 26.7 Å². The maximum Gasteiger partial charge on any atom is 0.337 e. The first-order chi connectivity index (χ1) is 9.86. The Labute approximate surface area is 127 Å². The average molecular weight is 307 g/mol. The predicted molar refractivity (Wildman–Crippen MR) is 79.3 cm³/mol. The second kappa shape index (κ2) is 6.10. The Bertz CT molecular complexity index is 687. The summed E-state index contributed by atoms with van der Waals surface area (Å²) in [5, 5.41) is 9.20. The fourth-order valence-corrected chi connectivity index (χ4v) is 1.94. The van der Waals surface area contributed by atoms with E-state index in [0.29, 0.717) is 5.75 Å². The van der Waals surface area contributed by atoms with Gasteiger partial charge in [-0.25, -0.2) is 9.78 Å². The van der Waals surface area contributed by atoms with Crippen LogP contribution in [0.1, 0.15) is 41.5 Å². The first kappa shape index (κ1) is 15.3. The lowest BCUT2D eigenvalue weighted by Gasteiger charge is -2.10. The fourth-order valence-electron chi connectivity index (χ4n) is 1.74. The van der Waals surface area contributed by atoms with Crippen LogP contribution in [0.3, 0.4) is 0 Å². The maximum atomic E-state index is 11.1. The molecule has 6 heteroatoms. The van der Waals surface area contributed by atoms with Crippen LogP contribution in [0.2, 0.25) is 5.02 Å². The van der Waals surface area contributed by atoms with Gasteiger partial charge in [0.15, 0.2) is 0 Å². The third-order valence-corrected chi connectivity index (χ3v) is 3.15. The zero-order valence-corrected chi connectivity index (χ0v) is 12.7. The summed E-state index contributed by atoms with van der Waals surface area (Å²) in [5.74, 6) is -0.538. The van der Waals surface area contributed by atoms with Crippen molar-refractivity contribution >= 4 is 17.6 Å². The summed E-state index contributed by atoms with van der Waals surface area (Å²) in [4.78, 5) is 19.6. The lowest BCUT2D eigenvalue weighted by Crippen LogP contribution is -2.01. The minimum atomic E-state index is -1.11. The number of hydrogen-bond acceptors (Lipinski definition) is 4. The highest BCUT2D eigenvalue weighted by Gasteiger charge is 2.12. The Morgan fingerprint density at radius 3 is 2.62 bits per heavy atom.